The summed E-state index contributed by atoms with van der Waals surface area (Å²) in [5.74, 6) is -0.106. The van der Waals surface area contributed by atoms with Crippen molar-refractivity contribution in [2.75, 3.05) is 66.0 Å². The molecule has 0 atom stereocenters. The van der Waals surface area contributed by atoms with Crippen molar-refractivity contribution in [1.82, 2.24) is 5.32 Å². The molecule has 1 N–H and O–H groups in total. The van der Waals surface area contributed by atoms with Gasteiger partial charge in [0.05, 0.1) is 52.4 Å². The van der Waals surface area contributed by atoms with E-state index in [0.29, 0.717) is 59.4 Å². The Bertz CT molecular complexity index is 274. The van der Waals surface area contributed by atoms with E-state index in [9.17, 15) is 4.79 Å². The number of amides is 1. The molecule has 0 aromatic heterocycles. The van der Waals surface area contributed by atoms with Gasteiger partial charge in [-0.2, -0.15) is 0 Å². The molecule has 0 fully saturated rings. The highest BCUT2D eigenvalue weighted by Gasteiger charge is 2.06. The monoisotopic (exact) mass is 349 g/mol. The molecule has 0 saturated heterocycles. The van der Waals surface area contributed by atoms with Crippen LogP contribution in [-0.4, -0.2) is 78.0 Å². The molecule has 0 aliphatic rings. The van der Waals surface area contributed by atoms with Crippen molar-refractivity contribution in [2.24, 2.45) is 0 Å². The molecule has 0 unspecified atom stereocenters. The standard InChI is InChI=1S/C17H35NO6/c1-4-16(5-2)24-15-17(19)18-7-8-21-11-12-23-14-13-22-10-9-20-6-3/h16H,4-15H2,1-3H3,(H,18,19). The topological polar surface area (TPSA) is 75.3 Å². The number of nitrogens with one attached hydrogen (secondary N) is 1. The maximum Gasteiger partial charge on any atom is 0.246 e. The van der Waals surface area contributed by atoms with Crippen molar-refractivity contribution < 1.29 is 28.5 Å². The summed E-state index contributed by atoms with van der Waals surface area (Å²) in [6, 6.07) is 0. The Kier molecular flexibility index (Phi) is 18.0. The number of hydrogen-bond acceptors (Lipinski definition) is 6. The van der Waals surface area contributed by atoms with E-state index in [1.165, 1.54) is 0 Å². The van der Waals surface area contributed by atoms with Crippen LogP contribution in [0.25, 0.3) is 0 Å². The smallest absolute Gasteiger partial charge is 0.246 e. The zero-order valence-electron chi connectivity index (χ0n) is 15.5. The first kappa shape index (κ1) is 23.3. The van der Waals surface area contributed by atoms with Gasteiger partial charge in [0.15, 0.2) is 0 Å². The zero-order chi connectivity index (χ0) is 17.9. The first-order valence-electron chi connectivity index (χ1n) is 8.93. The minimum atomic E-state index is -0.106. The summed E-state index contributed by atoms with van der Waals surface area (Å²) < 4.78 is 26.7. The van der Waals surface area contributed by atoms with Crippen LogP contribution in [0.1, 0.15) is 33.6 Å². The summed E-state index contributed by atoms with van der Waals surface area (Å²) in [6.45, 7) is 11.1. The minimum Gasteiger partial charge on any atom is -0.379 e. The highest BCUT2D eigenvalue weighted by molar-refractivity contribution is 5.77. The molecule has 7 heteroatoms. The minimum absolute atomic E-state index is 0.106. The second-order valence-electron chi connectivity index (χ2n) is 5.13. The number of rotatable bonds is 18. The van der Waals surface area contributed by atoms with Gasteiger partial charge in [-0.25, -0.2) is 0 Å². The van der Waals surface area contributed by atoms with Gasteiger partial charge in [0.1, 0.15) is 6.61 Å². The van der Waals surface area contributed by atoms with Crippen molar-refractivity contribution in [2.45, 2.75) is 39.7 Å². The summed E-state index contributed by atoms with van der Waals surface area (Å²) in [5, 5.41) is 2.76. The second-order valence-corrected chi connectivity index (χ2v) is 5.13. The number of carbonyl (C=O) groups is 1. The van der Waals surface area contributed by atoms with Gasteiger partial charge in [0, 0.05) is 13.2 Å². The van der Waals surface area contributed by atoms with Crippen LogP contribution in [0.4, 0.5) is 0 Å². The van der Waals surface area contributed by atoms with Gasteiger partial charge in [-0.1, -0.05) is 13.8 Å². The lowest BCUT2D eigenvalue weighted by molar-refractivity contribution is -0.128. The van der Waals surface area contributed by atoms with E-state index < -0.39 is 0 Å². The largest absolute Gasteiger partial charge is 0.379 e. The Labute approximate surface area is 146 Å². The number of carbonyl (C=O) groups excluding carboxylic acids is 1. The van der Waals surface area contributed by atoms with E-state index in [4.69, 9.17) is 23.7 Å². The van der Waals surface area contributed by atoms with Crippen LogP contribution in [0.3, 0.4) is 0 Å². The Hall–Kier alpha value is -0.730. The predicted molar refractivity (Wildman–Crippen MR) is 92.3 cm³/mol. The molecular weight excluding hydrogens is 314 g/mol. The molecule has 1 amide bonds. The SMILES string of the molecule is CCOCCOCCOCCOCCNC(=O)COC(CC)CC. The molecule has 144 valence electrons. The molecule has 0 aliphatic carbocycles. The van der Waals surface area contributed by atoms with Crippen LogP contribution >= 0.6 is 0 Å². The van der Waals surface area contributed by atoms with E-state index >= 15 is 0 Å². The maximum atomic E-state index is 11.5. The predicted octanol–water partition coefficient (Wildman–Crippen LogP) is 1.39. The van der Waals surface area contributed by atoms with Crippen molar-refractivity contribution in [1.29, 1.82) is 0 Å². The summed E-state index contributed by atoms with van der Waals surface area (Å²) in [4.78, 5) is 11.5. The maximum absolute atomic E-state index is 11.5. The van der Waals surface area contributed by atoms with Gasteiger partial charge in [0.2, 0.25) is 5.91 Å². The van der Waals surface area contributed by atoms with Crippen LogP contribution < -0.4 is 5.32 Å². The third-order valence-corrected chi connectivity index (χ3v) is 3.25. The van der Waals surface area contributed by atoms with Crippen molar-refractivity contribution in [3.05, 3.63) is 0 Å². The van der Waals surface area contributed by atoms with Crippen LogP contribution in [0.5, 0.6) is 0 Å². The fourth-order valence-corrected chi connectivity index (χ4v) is 1.84. The first-order valence-corrected chi connectivity index (χ1v) is 8.93. The van der Waals surface area contributed by atoms with Gasteiger partial charge in [0.25, 0.3) is 0 Å². The average molecular weight is 349 g/mol. The average Bonchev–Trinajstić information content (AvgIpc) is 2.60. The third kappa shape index (κ3) is 16.1. The fraction of sp³-hybridized carbons (Fsp3) is 0.941. The molecule has 0 rings (SSSR count). The van der Waals surface area contributed by atoms with Gasteiger partial charge in [-0.15, -0.1) is 0 Å². The van der Waals surface area contributed by atoms with E-state index in [-0.39, 0.29) is 18.6 Å². The van der Waals surface area contributed by atoms with Crippen LogP contribution in [0.15, 0.2) is 0 Å². The Morgan fingerprint density at radius 1 is 0.792 bits per heavy atom. The van der Waals surface area contributed by atoms with Crippen LogP contribution in [-0.2, 0) is 28.5 Å². The lowest BCUT2D eigenvalue weighted by Crippen LogP contribution is -2.32. The van der Waals surface area contributed by atoms with E-state index in [1.807, 2.05) is 6.92 Å². The Morgan fingerprint density at radius 3 is 1.79 bits per heavy atom. The third-order valence-electron chi connectivity index (χ3n) is 3.25. The molecule has 0 spiro atoms. The molecule has 0 bridgehead atoms. The first-order chi connectivity index (χ1) is 11.7. The summed E-state index contributed by atoms with van der Waals surface area (Å²) >= 11 is 0. The number of hydrogen-bond donors (Lipinski definition) is 1. The molecule has 0 saturated carbocycles. The molecule has 0 aromatic carbocycles. The fourth-order valence-electron chi connectivity index (χ4n) is 1.84. The normalized spacial score (nSPS) is 11.2. The molecular formula is C17H35NO6. The molecule has 0 heterocycles. The summed E-state index contributed by atoms with van der Waals surface area (Å²) in [5.41, 5.74) is 0. The molecule has 0 aliphatic heterocycles. The number of ether oxygens (including phenoxy) is 5. The molecule has 0 aromatic rings. The van der Waals surface area contributed by atoms with Gasteiger partial charge in [-0.05, 0) is 19.8 Å². The Balaban J connectivity index is 3.20. The quantitative estimate of drug-likeness (QED) is 0.377. The van der Waals surface area contributed by atoms with E-state index in [1.54, 1.807) is 0 Å². The van der Waals surface area contributed by atoms with Gasteiger partial charge in [-0.3, -0.25) is 4.79 Å². The lowest BCUT2D eigenvalue weighted by Gasteiger charge is -2.13. The van der Waals surface area contributed by atoms with E-state index in [2.05, 4.69) is 19.2 Å². The van der Waals surface area contributed by atoms with Crippen molar-refractivity contribution in [3.63, 3.8) is 0 Å². The van der Waals surface area contributed by atoms with Gasteiger partial charge >= 0.3 is 0 Å². The van der Waals surface area contributed by atoms with E-state index in [0.717, 1.165) is 12.8 Å². The van der Waals surface area contributed by atoms with Crippen LogP contribution in [0, 0.1) is 0 Å². The molecule has 24 heavy (non-hydrogen) atoms. The molecule has 7 nitrogen and oxygen atoms in total. The van der Waals surface area contributed by atoms with Crippen molar-refractivity contribution >= 4 is 5.91 Å². The zero-order valence-corrected chi connectivity index (χ0v) is 15.5. The van der Waals surface area contributed by atoms with Crippen molar-refractivity contribution in [3.8, 4) is 0 Å². The lowest BCUT2D eigenvalue weighted by atomic mass is 10.2. The second kappa shape index (κ2) is 18.6. The molecule has 0 radical (unpaired) electrons. The van der Waals surface area contributed by atoms with Crippen LogP contribution in [0.2, 0.25) is 0 Å². The highest BCUT2D eigenvalue weighted by Crippen LogP contribution is 2.01. The summed E-state index contributed by atoms with van der Waals surface area (Å²) in [6.07, 6.45) is 2.00. The summed E-state index contributed by atoms with van der Waals surface area (Å²) in [7, 11) is 0. The highest BCUT2D eigenvalue weighted by atomic mass is 16.6. The van der Waals surface area contributed by atoms with Gasteiger partial charge < -0.3 is 29.0 Å². The Morgan fingerprint density at radius 2 is 1.29 bits per heavy atom.